The van der Waals surface area contributed by atoms with Crippen LogP contribution >= 0.6 is 0 Å². The van der Waals surface area contributed by atoms with E-state index in [0.717, 1.165) is 0 Å². The van der Waals surface area contributed by atoms with E-state index in [1.807, 2.05) is 5.32 Å². The second-order valence-corrected chi connectivity index (χ2v) is 5.55. The number of nitrogens with one attached hydrogen (secondary N) is 1. The van der Waals surface area contributed by atoms with Gasteiger partial charge >= 0.3 is 6.18 Å². The van der Waals surface area contributed by atoms with Crippen molar-refractivity contribution in [1.29, 1.82) is 10.5 Å². The smallest absolute Gasteiger partial charge is 0.294 e. The number of nitriles is 2. The van der Waals surface area contributed by atoms with Crippen LogP contribution in [0.1, 0.15) is 25.7 Å². The van der Waals surface area contributed by atoms with Gasteiger partial charge in [0, 0.05) is 5.41 Å². The fraction of sp³-hybridized carbons (Fsp3) is 0.692. The summed E-state index contributed by atoms with van der Waals surface area (Å²) < 4.78 is 39.0. The molecule has 0 aromatic carbocycles. The van der Waals surface area contributed by atoms with E-state index in [2.05, 4.69) is 0 Å². The van der Waals surface area contributed by atoms with Gasteiger partial charge in [0.2, 0.25) is 11.8 Å². The van der Waals surface area contributed by atoms with Gasteiger partial charge < -0.3 is 0 Å². The molecule has 1 heterocycles. The van der Waals surface area contributed by atoms with Crippen LogP contribution in [0.15, 0.2) is 0 Å². The van der Waals surface area contributed by atoms with Crippen molar-refractivity contribution in [2.75, 3.05) is 0 Å². The van der Waals surface area contributed by atoms with Crippen molar-refractivity contribution in [2.24, 2.45) is 23.2 Å². The van der Waals surface area contributed by atoms with Gasteiger partial charge in [0.05, 0.1) is 18.1 Å². The third-order valence-electron chi connectivity index (χ3n) is 4.46. The molecule has 1 saturated carbocycles. The molecule has 21 heavy (non-hydrogen) atoms. The summed E-state index contributed by atoms with van der Waals surface area (Å²) in [7, 11) is 0. The number of rotatable bonds is 0. The van der Waals surface area contributed by atoms with E-state index >= 15 is 0 Å². The maximum atomic E-state index is 13.0. The van der Waals surface area contributed by atoms with Crippen LogP contribution in [-0.2, 0) is 9.59 Å². The molecular weight excluding hydrogens is 287 g/mol. The summed E-state index contributed by atoms with van der Waals surface area (Å²) >= 11 is 0. The molecule has 1 aliphatic heterocycles. The van der Waals surface area contributed by atoms with Gasteiger partial charge in [0.1, 0.15) is 11.8 Å². The number of carbonyl (C=O) groups is 2. The average molecular weight is 299 g/mol. The van der Waals surface area contributed by atoms with Crippen molar-refractivity contribution in [3.63, 3.8) is 0 Å². The quantitative estimate of drug-likeness (QED) is 0.688. The van der Waals surface area contributed by atoms with Crippen LogP contribution in [0.2, 0.25) is 0 Å². The van der Waals surface area contributed by atoms with Crippen molar-refractivity contribution < 1.29 is 22.8 Å². The maximum Gasteiger partial charge on any atom is 0.391 e. The number of hydrogen-bond donors (Lipinski definition) is 1. The SMILES string of the molecule is N#C[C@@H]1C(=O)NC(=O)[C@H](C#N)C12CCC[C@@H](C(F)(F)F)C2. The Balaban J connectivity index is 2.48. The summed E-state index contributed by atoms with van der Waals surface area (Å²) in [6.07, 6.45) is -4.90. The summed E-state index contributed by atoms with van der Waals surface area (Å²) in [6.45, 7) is 0. The molecule has 2 fully saturated rings. The lowest BCUT2D eigenvalue weighted by molar-refractivity contribution is -0.200. The van der Waals surface area contributed by atoms with Gasteiger partial charge in [-0.15, -0.1) is 0 Å². The van der Waals surface area contributed by atoms with Crippen LogP contribution in [0.4, 0.5) is 13.2 Å². The van der Waals surface area contributed by atoms with E-state index in [4.69, 9.17) is 10.5 Å². The Morgan fingerprint density at radius 2 is 1.67 bits per heavy atom. The largest absolute Gasteiger partial charge is 0.391 e. The first-order valence-electron chi connectivity index (χ1n) is 6.47. The van der Waals surface area contributed by atoms with Gasteiger partial charge in [0.15, 0.2) is 0 Å². The van der Waals surface area contributed by atoms with Gasteiger partial charge in [-0.25, -0.2) is 0 Å². The molecule has 0 aromatic rings. The van der Waals surface area contributed by atoms with E-state index in [9.17, 15) is 22.8 Å². The lowest BCUT2D eigenvalue weighted by Crippen LogP contribution is -2.59. The number of imide groups is 1. The first-order chi connectivity index (χ1) is 9.76. The maximum absolute atomic E-state index is 13.0. The minimum absolute atomic E-state index is 0.0925. The molecule has 2 aliphatic rings. The highest BCUT2D eigenvalue weighted by atomic mass is 19.4. The summed E-state index contributed by atoms with van der Waals surface area (Å²) in [4.78, 5) is 23.6. The van der Waals surface area contributed by atoms with E-state index < -0.39 is 47.6 Å². The lowest BCUT2D eigenvalue weighted by atomic mass is 9.55. The molecule has 112 valence electrons. The summed E-state index contributed by atoms with van der Waals surface area (Å²) in [6, 6.07) is 3.38. The van der Waals surface area contributed by atoms with Crippen LogP contribution in [0, 0.1) is 45.8 Å². The fourth-order valence-electron chi connectivity index (χ4n) is 3.47. The Morgan fingerprint density at radius 1 is 1.14 bits per heavy atom. The highest BCUT2D eigenvalue weighted by molar-refractivity contribution is 6.03. The number of nitrogens with zero attached hydrogens (tertiary/aromatic N) is 2. The molecule has 1 N–H and O–H groups in total. The van der Waals surface area contributed by atoms with E-state index in [1.165, 1.54) is 0 Å². The molecule has 1 unspecified atom stereocenters. The number of carbonyl (C=O) groups excluding carboxylic acids is 2. The summed E-state index contributed by atoms with van der Waals surface area (Å²) in [5.74, 6) is -6.33. The second kappa shape index (κ2) is 5.03. The average Bonchev–Trinajstić information content (AvgIpc) is 2.38. The Kier molecular flexibility index (Phi) is 3.66. The number of halogens is 3. The second-order valence-electron chi connectivity index (χ2n) is 5.55. The summed E-state index contributed by atoms with van der Waals surface area (Å²) in [5, 5.41) is 20.2. The van der Waals surface area contributed by atoms with Crippen molar-refractivity contribution >= 4 is 11.8 Å². The highest BCUT2D eigenvalue weighted by Gasteiger charge is 2.60. The zero-order chi connectivity index (χ0) is 15.8. The van der Waals surface area contributed by atoms with Crippen molar-refractivity contribution in [2.45, 2.75) is 31.9 Å². The van der Waals surface area contributed by atoms with E-state index in [1.54, 1.807) is 12.1 Å². The van der Waals surface area contributed by atoms with Gasteiger partial charge in [-0.1, -0.05) is 6.42 Å². The van der Waals surface area contributed by atoms with Gasteiger partial charge in [-0.2, -0.15) is 23.7 Å². The highest BCUT2D eigenvalue weighted by Crippen LogP contribution is 2.54. The monoisotopic (exact) mass is 299 g/mol. The molecular formula is C13H12F3N3O2. The molecule has 8 heteroatoms. The number of piperidine rings is 1. The van der Waals surface area contributed by atoms with Gasteiger partial charge in [-0.05, 0) is 19.3 Å². The number of hydrogen-bond acceptors (Lipinski definition) is 4. The van der Waals surface area contributed by atoms with Crippen LogP contribution in [0.5, 0.6) is 0 Å². The fourth-order valence-corrected chi connectivity index (χ4v) is 3.47. The molecule has 4 atom stereocenters. The Morgan fingerprint density at radius 3 is 2.10 bits per heavy atom. The van der Waals surface area contributed by atoms with Crippen molar-refractivity contribution in [3.05, 3.63) is 0 Å². The van der Waals surface area contributed by atoms with E-state index in [0.29, 0.717) is 0 Å². The first-order valence-corrected chi connectivity index (χ1v) is 6.47. The molecule has 1 aliphatic carbocycles. The Hall–Kier alpha value is -2.09. The zero-order valence-electron chi connectivity index (χ0n) is 10.9. The molecule has 0 bridgehead atoms. The predicted octanol–water partition coefficient (Wildman–Crippen LogP) is 1.66. The molecule has 5 nitrogen and oxygen atoms in total. The zero-order valence-corrected chi connectivity index (χ0v) is 10.9. The Labute approximate surface area is 118 Å². The molecule has 1 spiro atoms. The molecule has 1 saturated heterocycles. The third-order valence-corrected chi connectivity index (χ3v) is 4.46. The lowest BCUT2D eigenvalue weighted by Gasteiger charge is -2.47. The van der Waals surface area contributed by atoms with Crippen molar-refractivity contribution in [1.82, 2.24) is 5.32 Å². The van der Waals surface area contributed by atoms with Gasteiger partial charge in [0.25, 0.3) is 0 Å². The summed E-state index contributed by atoms with van der Waals surface area (Å²) in [5.41, 5.74) is -1.54. The predicted molar refractivity (Wildman–Crippen MR) is 61.8 cm³/mol. The normalized spacial score (nSPS) is 36.7. The topological polar surface area (TPSA) is 93.8 Å². The minimum Gasteiger partial charge on any atom is -0.294 e. The number of alkyl halides is 3. The van der Waals surface area contributed by atoms with Crippen LogP contribution < -0.4 is 5.32 Å². The van der Waals surface area contributed by atoms with Crippen LogP contribution in [0.3, 0.4) is 0 Å². The van der Waals surface area contributed by atoms with Crippen molar-refractivity contribution in [3.8, 4) is 12.1 Å². The first kappa shape index (κ1) is 15.3. The molecule has 0 radical (unpaired) electrons. The molecule has 2 rings (SSSR count). The molecule has 2 amide bonds. The standard InChI is InChI=1S/C13H12F3N3O2/c14-13(15,16)7-2-1-3-12(4-7)8(5-17)10(20)19-11(21)9(12)6-18/h7-9H,1-4H2,(H,19,20,21)/t7-,8-,9+,12?/m1/s1. The van der Waals surface area contributed by atoms with Crippen LogP contribution in [-0.4, -0.2) is 18.0 Å². The third kappa shape index (κ3) is 2.35. The minimum atomic E-state index is -4.47. The van der Waals surface area contributed by atoms with Gasteiger partial charge in [-0.3, -0.25) is 14.9 Å². The Bertz CT molecular complexity index is 526. The number of amides is 2. The molecule has 0 aromatic heterocycles. The van der Waals surface area contributed by atoms with E-state index in [-0.39, 0.29) is 19.3 Å². The van der Waals surface area contributed by atoms with Crippen LogP contribution in [0.25, 0.3) is 0 Å².